The van der Waals surface area contributed by atoms with E-state index < -0.39 is 0 Å². The smallest absolute Gasteiger partial charge is 0.0485 e. The lowest BCUT2D eigenvalue weighted by molar-refractivity contribution is 0.721. The van der Waals surface area contributed by atoms with Gasteiger partial charge in [-0.25, -0.2) is 0 Å². The van der Waals surface area contributed by atoms with Crippen molar-refractivity contribution in [3.63, 3.8) is 0 Å². The lowest BCUT2D eigenvalue weighted by atomic mass is 10.2. The predicted molar refractivity (Wildman–Crippen MR) is 77.4 cm³/mol. The molecule has 4 heteroatoms. The maximum Gasteiger partial charge on any atom is 0.0485 e. The van der Waals surface area contributed by atoms with E-state index in [1.807, 2.05) is 12.1 Å². The van der Waals surface area contributed by atoms with Gasteiger partial charge in [-0.05, 0) is 35.9 Å². The third-order valence-electron chi connectivity index (χ3n) is 2.76. The second kappa shape index (κ2) is 6.28. The maximum atomic E-state index is 6.16. The van der Waals surface area contributed by atoms with E-state index in [0.717, 1.165) is 25.2 Å². The molecule has 0 saturated heterocycles. The van der Waals surface area contributed by atoms with E-state index in [0.29, 0.717) is 10.0 Å². The van der Waals surface area contributed by atoms with Gasteiger partial charge in [-0.3, -0.25) is 0 Å². The fourth-order valence-electron chi connectivity index (χ4n) is 1.81. The molecule has 0 unspecified atom stereocenters. The molecular formula is C14H16Cl2N2. The summed E-state index contributed by atoms with van der Waals surface area (Å²) in [7, 11) is 0. The summed E-state index contributed by atoms with van der Waals surface area (Å²) in [6.07, 6.45) is 4.20. The van der Waals surface area contributed by atoms with Crippen LogP contribution in [0, 0.1) is 0 Å². The lowest BCUT2D eigenvalue weighted by Gasteiger charge is -2.06. The van der Waals surface area contributed by atoms with Crippen LogP contribution >= 0.6 is 23.2 Å². The van der Waals surface area contributed by atoms with Gasteiger partial charge in [0, 0.05) is 35.5 Å². The van der Waals surface area contributed by atoms with E-state index in [2.05, 4.69) is 35.3 Å². The Kier molecular flexibility index (Phi) is 4.70. The zero-order chi connectivity index (χ0) is 13.0. The van der Waals surface area contributed by atoms with Gasteiger partial charge < -0.3 is 9.88 Å². The summed E-state index contributed by atoms with van der Waals surface area (Å²) in [5.41, 5.74) is 2.36. The van der Waals surface area contributed by atoms with E-state index in [4.69, 9.17) is 23.2 Å². The van der Waals surface area contributed by atoms with E-state index in [9.17, 15) is 0 Å². The first-order valence-electron chi connectivity index (χ1n) is 5.98. The van der Waals surface area contributed by atoms with Gasteiger partial charge in [-0.1, -0.05) is 36.2 Å². The van der Waals surface area contributed by atoms with Crippen molar-refractivity contribution in [2.75, 3.05) is 6.54 Å². The zero-order valence-corrected chi connectivity index (χ0v) is 11.8. The summed E-state index contributed by atoms with van der Waals surface area (Å²) in [4.78, 5) is 0. The third-order valence-corrected chi connectivity index (χ3v) is 3.35. The molecule has 0 bridgehead atoms. The monoisotopic (exact) mass is 282 g/mol. The molecule has 2 aromatic rings. The highest BCUT2D eigenvalue weighted by molar-refractivity contribution is 6.35. The highest BCUT2D eigenvalue weighted by atomic mass is 35.5. The summed E-state index contributed by atoms with van der Waals surface area (Å²) in [6.45, 7) is 4.75. The van der Waals surface area contributed by atoms with Crippen molar-refractivity contribution in [2.24, 2.45) is 0 Å². The molecule has 1 aromatic carbocycles. The van der Waals surface area contributed by atoms with Crippen LogP contribution in [0.5, 0.6) is 0 Å². The molecule has 1 N–H and O–H groups in total. The number of hydrogen-bond acceptors (Lipinski definition) is 1. The number of aromatic nitrogens is 1. The molecule has 0 saturated carbocycles. The Bertz CT molecular complexity index is 520. The third kappa shape index (κ3) is 3.52. The molecule has 0 amide bonds. The van der Waals surface area contributed by atoms with Gasteiger partial charge in [0.2, 0.25) is 0 Å². The van der Waals surface area contributed by atoms with Crippen molar-refractivity contribution in [2.45, 2.75) is 20.0 Å². The number of benzene rings is 1. The summed E-state index contributed by atoms with van der Waals surface area (Å²) in [5.74, 6) is 0. The fraction of sp³-hybridized carbons (Fsp3) is 0.286. The average Bonchev–Trinajstić information content (AvgIpc) is 2.78. The van der Waals surface area contributed by atoms with Crippen LogP contribution in [0.1, 0.15) is 18.1 Å². The Hall–Kier alpha value is -0.960. The Morgan fingerprint density at radius 2 is 2.06 bits per heavy atom. The topological polar surface area (TPSA) is 17.0 Å². The first-order chi connectivity index (χ1) is 8.69. The van der Waals surface area contributed by atoms with Crippen molar-refractivity contribution in [1.29, 1.82) is 0 Å². The maximum absolute atomic E-state index is 6.16. The number of rotatable bonds is 5. The van der Waals surface area contributed by atoms with Crippen molar-refractivity contribution in [3.05, 3.63) is 57.8 Å². The first-order valence-corrected chi connectivity index (χ1v) is 6.74. The molecule has 1 aromatic heterocycles. The summed E-state index contributed by atoms with van der Waals surface area (Å²) < 4.78 is 2.13. The van der Waals surface area contributed by atoms with E-state index in [1.54, 1.807) is 6.07 Å². The summed E-state index contributed by atoms with van der Waals surface area (Å²) in [6, 6.07) is 7.73. The first kappa shape index (κ1) is 13.5. The van der Waals surface area contributed by atoms with Crippen LogP contribution in [0.2, 0.25) is 10.0 Å². The Morgan fingerprint density at radius 1 is 1.22 bits per heavy atom. The van der Waals surface area contributed by atoms with E-state index >= 15 is 0 Å². The Balaban J connectivity index is 2.06. The zero-order valence-electron chi connectivity index (χ0n) is 10.3. The highest BCUT2D eigenvalue weighted by Crippen LogP contribution is 2.22. The lowest BCUT2D eigenvalue weighted by Crippen LogP contribution is -2.11. The summed E-state index contributed by atoms with van der Waals surface area (Å²) in [5, 5.41) is 4.69. The van der Waals surface area contributed by atoms with Gasteiger partial charge in [-0.15, -0.1) is 0 Å². The molecule has 18 heavy (non-hydrogen) atoms. The quantitative estimate of drug-likeness (QED) is 0.879. The van der Waals surface area contributed by atoms with E-state index in [-0.39, 0.29) is 0 Å². The van der Waals surface area contributed by atoms with Gasteiger partial charge in [0.25, 0.3) is 0 Å². The number of nitrogens with zero attached hydrogens (tertiary/aromatic N) is 1. The predicted octanol–water partition coefficient (Wildman–Crippen LogP) is 3.95. The normalized spacial score (nSPS) is 10.8. The molecule has 96 valence electrons. The summed E-state index contributed by atoms with van der Waals surface area (Å²) >= 11 is 12.0. The minimum Gasteiger partial charge on any atom is -0.350 e. The molecule has 0 aliphatic carbocycles. The van der Waals surface area contributed by atoms with Gasteiger partial charge in [-0.2, -0.15) is 0 Å². The second-order valence-corrected chi connectivity index (χ2v) is 5.05. The van der Waals surface area contributed by atoms with Crippen molar-refractivity contribution in [1.82, 2.24) is 9.88 Å². The van der Waals surface area contributed by atoms with Crippen molar-refractivity contribution in [3.8, 4) is 0 Å². The molecule has 0 aliphatic rings. The van der Waals surface area contributed by atoms with Crippen molar-refractivity contribution < 1.29 is 0 Å². The largest absolute Gasteiger partial charge is 0.350 e. The minimum atomic E-state index is 0.670. The van der Waals surface area contributed by atoms with Crippen LogP contribution in [-0.2, 0) is 13.1 Å². The second-order valence-electron chi connectivity index (χ2n) is 4.21. The SMILES string of the molecule is CCNCc1ccn(Cc2ccc(Cl)cc2Cl)c1. The molecule has 0 radical (unpaired) electrons. The van der Waals surface area contributed by atoms with Gasteiger partial charge in [0.15, 0.2) is 0 Å². The number of hydrogen-bond donors (Lipinski definition) is 1. The molecule has 0 atom stereocenters. The number of nitrogens with one attached hydrogen (secondary N) is 1. The standard InChI is InChI=1S/C14H16Cl2N2/c1-2-17-8-11-5-6-18(9-11)10-12-3-4-13(15)7-14(12)16/h3-7,9,17H,2,8,10H2,1H3. The van der Waals surface area contributed by atoms with Crippen LogP contribution in [0.3, 0.4) is 0 Å². The molecule has 2 nitrogen and oxygen atoms in total. The van der Waals surface area contributed by atoms with Gasteiger partial charge in [0.05, 0.1) is 0 Å². The van der Waals surface area contributed by atoms with Crippen LogP contribution in [-0.4, -0.2) is 11.1 Å². The van der Waals surface area contributed by atoms with Crippen LogP contribution < -0.4 is 5.32 Å². The molecule has 2 rings (SSSR count). The fourth-order valence-corrected chi connectivity index (χ4v) is 2.28. The van der Waals surface area contributed by atoms with Crippen LogP contribution in [0.4, 0.5) is 0 Å². The average molecular weight is 283 g/mol. The molecule has 1 heterocycles. The molecule has 0 aliphatic heterocycles. The molecule has 0 fully saturated rings. The van der Waals surface area contributed by atoms with Gasteiger partial charge in [0.1, 0.15) is 0 Å². The van der Waals surface area contributed by atoms with Crippen LogP contribution in [0.25, 0.3) is 0 Å². The Morgan fingerprint density at radius 3 is 2.78 bits per heavy atom. The van der Waals surface area contributed by atoms with Crippen LogP contribution in [0.15, 0.2) is 36.7 Å². The Labute approximate surface area is 118 Å². The molecular weight excluding hydrogens is 267 g/mol. The number of halogens is 2. The van der Waals surface area contributed by atoms with Crippen molar-refractivity contribution >= 4 is 23.2 Å². The highest BCUT2D eigenvalue weighted by Gasteiger charge is 2.03. The molecule has 0 spiro atoms. The van der Waals surface area contributed by atoms with Gasteiger partial charge >= 0.3 is 0 Å². The van der Waals surface area contributed by atoms with E-state index in [1.165, 1.54) is 5.56 Å². The minimum absolute atomic E-state index is 0.670.